The van der Waals surface area contributed by atoms with Gasteiger partial charge in [0.15, 0.2) is 0 Å². The summed E-state index contributed by atoms with van der Waals surface area (Å²) in [6, 6.07) is 4.04. The number of pyridine rings is 1. The minimum atomic E-state index is -0.182. The Bertz CT molecular complexity index is 452. The van der Waals surface area contributed by atoms with Crippen LogP contribution in [0.3, 0.4) is 0 Å². The van der Waals surface area contributed by atoms with Crippen molar-refractivity contribution in [3.8, 4) is 0 Å². The number of hydrogen-bond acceptors (Lipinski definition) is 4. The Morgan fingerprint density at radius 2 is 2.21 bits per heavy atom. The number of amidine groups is 1. The smallest absolute Gasteiger partial charge is 0.145 e. The molecule has 1 fully saturated rings. The molecule has 5 nitrogen and oxygen atoms in total. The van der Waals surface area contributed by atoms with Crippen molar-refractivity contribution in [1.82, 2.24) is 9.88 Å². The normalized spacial score (nSPS) is 20.4. The highest BCUT2D eigenvalue weighted by Gasteiger charge is 2.34. The number of hydrogen-bond donors (Lipinski definition) is 2. The molecule has 104 valence electrons. The largest absolute Gasteiger partial charge is 0.409 e. The van der Waals surface area contributed by atoms with Gasteiger partial charge in [-0.05, 0) is 54.0 Å². The molecule has 0 aliphatic carbocycles. The van der Waals surface area contributed by atoms with Gasteiger partial charge in [-0.15, -0.1) is 0 Å². The van der Waals surface area contributed by atoms with Crippen LogP contribution in [0.2, 0.25) is 0 Å². The number of likely N-dealkylation sites (tertiary alicyclic amines) is 1. The van der Waals surface area contributed by atoms with Gasteiger partial charge in [-0.3, -0.25) is 9.88 Å². The predicted molar refractivity (Wildman–Crippen MR) is 78.0 cm³/mol. The zero-order chi connectivity index (χ0) is 13.9. The highest BCUT2D eigenvalue weighted by atomic mass is 79.9. The van der Waals surface area contributed by atoms with E-state index in [4.69, 9.17) is 10.9 Å². The maximum Gasteiger partial charge on any atom is 0.145 e. The summed E-state index contributed by atoms with van der Waals surface area (Å²) >= 11 is 3.38. The first kappa shape index (κ1) is 14.3. The first-order valence-corrected chi connectivity index (χ1v) is 7.13. The van der Waals surface area contributed by atoms with E-state index in [1.165, 1.54) is 0 Å². The Morgan fingerprint density at radius 1 is 1.53 bits per heavy atom. The molecule has 6 heteroatoms. The number of piperidine rings is 1. The highest BCUT2D eigenvalue weighted by molar-refractivity contribution is 9.10. The summed E-state index contributed by atoms with van der Waals surface area (Å²) in [7, 11) is 0. The molecular formula is C13H19BrN4O. The first-order chi connectivity index (χ1) is 9.03. The summed E-state index contributed by atoms with van der Waals surface area (Å²) in [6.45, 7) is 4.77. The molecule has 1 aliphatic heterocycles. The van der Waals surface area contributed by atoms with Gasteiger partial charge < -0.3 is 10.9 Å². The number of oxime groups is 1. The fraction of sp³-hybridized carbons (Fsp3) is 0.538. The molecule has 0 atom stereocenters. The number of rotatable bonds is 3. The third-order valence-electron chi connectivity index (χ3n) is 3.86. The number of nitrogens with two attached hydrogens (primary N) is 1. The summed E-state index contributed by atoms with van der Waals surface area (Å²) in [5, 5.41) is 12.0. The van der Waals surface area contributed by atoms with Gasteiger partial charge in [0.1, 0.15) is 5.84 Å². The molecule has 1 aromatic heterocycles. The van der Waals surface area contributed by atoms with E-state index < -0.39 is 0 Å². The van der Waals surface area contributed by atoms with E-state index in [0.29, 0.717) is 5.84 Å². The van der Waals surface area contributed by atoms with Gasteiger partial charge in [-0.1, -0.05) is 12.1 Å². The molecule has 0 unspecified atom stereocenters. The Balaban J connectivity index is 1.92. The molecule has 0 spiro atoms. The van der Waals surface area contributed by atoms with Crippen molar-refractivity contribution in [2.75, 3.05) is 13.1 Å². The van der Waals surface area contributed by atoms with Crippen LogP contribution in [0.1, 0.15) is 25.5 Å². The minimum absolute atomic E-state index is 0.182. The molecule has 1 aliphatic rings. The fourth-order valence-corrected chi connectivity index (χ4v) is 2.55. The molecular weight excluding hydrogens is 308 g/mol. The molecule has 0 bridgehead atoms. The Labute approximate surface area is 121 Å². The number of aromatic nitrogens is 1. The van der Waals surface area contributed by atoms with Crippen LogP contribution in [0.25, 0.3) is 0 Å². The molecule has 0 amide bonds. The fourth-order valence-electron chi connectivity index (χ4n) is 2.31. The van der Waals surface area contributed by atoms with E-state index in [0.717, 1.165) is 42.6 Å². The third kappa shape index (κ3) is 3.45. The minimum Gasteiger partial charge on any atom is -0.409 e. The summed E-state index contributed by atoms with van der Waals surface area (Å²) in [5.41, 5.74) is 6.64. The maximum absolute atomic E-state index is 8.81. The zero-order valence-electron chi connectivity index (χ0n) is 11.0. The molecule has 3 N–H and O–H groups in total. The first-order valence-electron chi connectivity index (χ1n) is 6.34. The second-order valence-electron chi connectivity index (χ2n) is 5.29. The van der Waals surface area contributed by atoms with Gasteiger partial charge in [0.05, 0.1) is 5.69 Å². The van der Waals surface area contributed by atoms with Crippen LogP contribution in [-0.4, -0.2) is 34.0 Å². The number of halogens is 1. The molecule has 0 saturated carbocycles. The third-order valence-corrected chi connectivity index (χ3v) is 4.33. The highest BCUT2D eigenvalue weighted by Crippen LogP contribution is 2.31. The lowest BCUT2D eigenvalue weighted by molar-refractivity contribution is 0.151. The van der Waals surface area contributed by atoms with Crippen molar-refractivity contribution in [3.05, 3.63) is 28.5 Å². The quantitative estimate of drug-likeness (QED) is 0.386. The van der Waals surface area contributed by atoms with E-state index in [1.807, 2.05) is 18.3 Å². The average Bonchev–Trinajstić information content (AvgIpc) is 2.43. The molecule has 19 heavy (non-hydrogen) atoms. The zero-order valence-corrected chi connectivity index (χ0v) is 12.6. The van der Waals surface area contributed by atoms with E-state index in [-0.39, 0.29) is 5.41 Å². The van der Waals surface area contributed by atoms with E-state index in [1.54, 1.807) is 0 Å². The Morgan fingerprint density at radius 3 is 2.74 bits per heavy atom. The Hall–Kier alpha value is -1.14. The topological polar surface area (TPSA) is 74.7 Å². The van der Waals surface area contributed by atoms with Gasteiger partial charge in [-0.2, -0.15) is 0 Å². The van der Waals surface area contributed by atoms with Crippen LogP contribution in [-0.2, 0) is 6.54 Å². The number of nitrogens with zero attached hydrogens (tertiary/aromatic N) is 3. The van der Waals surface area contributed by atoms with Crippen LogP contribution < -0.4 is 5.73 Å². The van der Waals surface area contributed by atoms with E-state index in [2.05, 4.69) is 37.9 Å². The molecule has 0 radical (unpaired) electrons. The molecule has 2 heterocycles. The summed E-state index contributed by atoms with van der Waals surface area (Å²) < 4.78 is 0.995. The summed E-state index contributed by atoms with van der Waals surface area (Å²) in [4.78, 5) is 6.73. The van der Waals surface area contributed by atoms with Crippen molar-refractivity contribution >= 4 is 21.8 Å². The van der Waals surface area contributed by atoms with Crippen molar-refractivity contribution in [2.45, 2.75) is 26.3 Å². The molecule has 0 aromatic carbocycles. The van der Waals surface area contributed by atoms with E-state index in [9.17, 15) is 0 Å². The predicted octanol–water partition coefficient (Wildman–Crippen LogP) is 2.19. The van der Waals surface area contributed by atoms with Crippen molar-refractivity contribution < 1.29 is 5.21 Å². The average molecular weight is 327 g/mol. The Kier molecular flexibility index (Phi) is 4.42. The second-order valence-corrected chi connectivity index (χ2v) is 6.21. The van der Waals surface area contributed by atoms with Crippen LogP contribution >= 0.6 is 15.9 Å². The van der Waals surface area contributed by atoms with Gasteiger partial charge in [0.25, 0.3) is 0 Å². The van der Waals surface area contributed by atoms with Crippen molar-refractivity contribution in [3.63, 3.8) is 0 Å². The van der Waals surface area contributed by atoms with Crippen molar-refractivity contribution in [2.24, 2.45) is 16.3 Å². The van der Waals surface area contributed by atoms with Crippen molar-refractivity contribution in [1.29, 1.82) is 0 Å². The van der Waals surface area contributed by atoms with Gasteiger partial charge >= 0.3 is 0 Å². The van der Waals surface area contributed by atoms with Gasteiger partial charge in [0, 0.05) is 22.6 Å². The maximum atomic E-state index is 8.81. The van der Waals surface area contributed by atoms with Crippen LogP contribution in [0.4, 0.5) is 0 Å². The van der Waals surface area contributed by atoms with Crippen LogP contribution in [0, 0.1) is 5.41 Å². The summed E-state index contributed by atoms with van der Waals surface area (Å²) in [6.07, 6.45) is 3.62. The lowest BCUT2D eigenvalue weighted by Gasteiger charge is -2.38. The standard InChI is InChI=1S/C13H19BrN4O/c1-13(12(15)17-19)4-6-18(7-5-13)9-11-3-2-10(14)8-16-11/h2-3,8,19H,4-7,9H2,1H3,(H2,15,17). The van der Waals surface area contributed by atoms with Gasteiger partial charge in [0.2, 0.25) is 0 Å². The lowest BCUT2D eigenvalue weighted by Crippen LogP contribution is -2.45. The molecule has 1 saturated heterocycles. The van der Waals surface area contributed by atoms with E-state index >= 15 is 0 Å². The van der Waals surface area contributed by atoms with Crippen LogP contribution in [0.5, 0.6) is 0 Å². The summed E-state index contributed by atoms with van der Waals surface area (Å²) in [5.74, 6) is 0.342. The molecule has 1 aromatic rings. The molecule has 2 rings (SSSR count). The monoisotopic (exact) mass is 326 g/mol. The SMILES string of the molecule is CC1(/C(N)=N/O)CCN(Cc2ccc(Br)cn2)CC1. The van der Waals surface area contributed by atoms with Gasteiger partial charge in [-0.25, -0.2) is 0 Å². The van der Waals surface area contributed by atoms with Crippen LogP contribution in [0.15, 0.2) is 28.0 Å². The second kappa shape index (κ2) is 5.88. The lowest BCUT2D eigenvalue weighted by atomic mass is 9.79.